The van der Waals surface area contributed by atoms with Gasteiger partial charge in [0.25, 0.3) is 11.5 Å². The summed E-state index contributed by atoms with van der Waals surface area (Å²) in [6.07, 6.45) is 2.22. The van der Waals surface area contributed by atoms with Crippen LogP contribution in [0.5, 0.6) is 5.75 Å². The molecule has 0 fully saturated rings. The number of aromatic nitrogens is 1. The molecule has 0 saturated carbocycles. The number of carbonyl (C=O) groups is 1. The first-order valence-electron chi connectivity index (χ1n) is 9.38. The third-order valence-electron chi connectivity index (χ3n) is 4.76. The Morgan fingerprint density at radius 3 is 2.61 bits per heavy atom. The lowest BCUT2D eigenvalue weighted by Crippen LogP contribution is -2.21. The van der Waals surface area contributed by atoms with Crippen LogP contribution in [-0.4, -0.2) is 22.6 Å². The highest BCUT2D eigenvalue weighted by Crippen LogP contribution is 2.26. The summed E-state index contributed by atoms with van der Waals surface area (Å²) in [4.78, 5) is 25.0. The predicted octanol–water partition coefficient (Wildman–Crippen LogP) is 4.33. The first-order chi connectivity index (χ1) is 14.8. The van der Waals surface area contributed by atoms with Crippen molar-refractivity contribution in [1.82, 2.24) is 4.57 Å². The van der Waals surface area contributed by atoms with Crippen LogP contribution in [0.25, 0.3) is 5.69 Å². The van der Waals surface area contributed by atoms with Gasteiger partial charge < -0.3 is 14.8 Å². The molecule has 4 rings (SSSR count). The molecule has 9 heteroatoms. The molecule has 2 aromatic carbocycles. The van der Waals surface area contributed by atoms with Gasteiger partial charge in [-0.3, -0.25) is 14.2 Å². The van der Waals surface area contributed by atoms with Gasteiger partial charge in [-0.15, -0.1) is 8.78 Å². The second-order valence-corrected chi connectivity index (χ2v) is 7.35. The lowest BCUT2D eigenvalue weighted by atomic mass is 10.0. The van der Waals surface area contributed by atoms with E-state index < -0.39 is 11.5 Å². The van der Waals surface area contributed by atoms with Crippen LogP contribution >= 0.6 is 11.6 Å². The van der Waals surface area contributed by atoms with E-state index in [4.69, 9.17) is 16.3 Å². The van der Waals surface area contributed by atoms with Gasteiger partial charge in [-0.05, 0) is 60.0 Å². The number of nitrogens with zero attached hydrogens (tertiary/aromatic N) is 1. The van der Waals surface area contributed by atoms with Gasteiger partial charge in [0, 0.05) is 35.2 Å². The van der Waals surface area contributed by atoms with Crippen molar-refractivity contribution >= 4 is 23.2 Å². The summed E-state index contributed by atoms with van der Waals surface area (Å²) in [6, 6.07) is 13.7. The number of hydrogen-bond acceptors (Lipinski definition) is 4. The molecule has 0 atom stereocenters. The quantitative estimate of drug-likeness (QED) is 0.592. The number of alkyl halides is 3. The number of fused-ring (bicyclic) bond motifs is 1. The van der Waals surface area contributed by atoms with Gasteiger partial charge in [0.2, 0.25) is 0 Å². The van der Waals surface area contributed by atoms with E-state index in [9.17, 15) is 18.4 Å². The zero-order valence-corrected chi connectivity index (χ0v) is 16.9. The summed E-state index contributed by atoms with van der Waals surface area (Å²) in [5.74, 6) is -0.610. The fourth-order valence-corrected chi connectivity index (χ4v) is 3.36. The summed E-state index contributed by atoms with van der Waals surface area (Å²) in [5.41, 5.74) is -0.625. The predicted molar refractivity (Wildman–Crippen MR) is 111 cm³/mol. The number of carbonyl (C=O) groups excluding carboxylic acids is 1. The first-order valence-corrected chi connectivity index (χ1v) is 9.76. The van der Waals surface area contributed by atoms with Gasteiger partial charge in [-0.2, -0.15) is 0 Å². The Bertz CT molecular complexity index is 1170. The van der Waals surface area contributed by atoms with Gasteiger partial charge in [0.05, 0.1) is 18.8 Å². The average molecular weight is 447 g/mol. The number of anilines is 1. The van der Waals surface area contributed by atoms with Crippen molar-refractivity contribution in [3.8, 4) is 11.4 Å². The molecule has 6 nitrogen and oxygen atoms in total. The highest BCUT2D eigenvalue weighted by atomic mass is 35.5. The zero-order valence-electron chi connectivity index (χ0n) is 16.1. The van der Waals surface area contributed by atoms with Crippen molar-refractivity contribution in [2.75, 3.05) is 11.9 Å². The Balaban J connectivity index is 1.54. The summed E-state index contributed by atoms with van der Waals surface area (Å²) >= 11 is 4.73. The first kappa shape index (κ1) is 21.0. The SMILES string of the molecule is O=C(Nc1ccc(OC(F)(F)Cl)cc1)c1ccc(=O)n(-c2ccc3c(c2)CCOC3)c1. The van der Waals surface area contributed by atoms with Crippen LogP contribution in [0.3, 0.4) is 0 Å². The lowest BCUT2D eigenvalue weighted by molar-refractivity contribution is -0.0964. The molecule has 1 N–H and O–H groups in total. The fraction of sp³-hybridized carbons (Fsp3) is 0.182. The van der Waals surface area contributed by atoms with Crippen molar-refractivity contribution < 1.29 is 23.0 Å². The fourth-order valence-electron chi connectivity index (χ4n) is 3.27. The Labute approximate surface area is 181 Å². The third-order valence-corrected chi connectivity index (χ3v) is 4.84. The molecule has 1 aromatic heterocycles. The molecular weight excluding hydrogens is 430 g/mol. The van der Waals surface area contributed by atoms with Crippen LogP contribution in [0, 0.1) is 0 Å². The molecular formula is C22H17ClF2N2O4. The van der Waals surface area contributed by atoms with Gasteiger partial charge in [-0.1, -0.05) is 6.07 Å². The number of nitrogens with one attached hydrogen (secondary N) is 1. The molecule has 1 aliphatic heterocycles. The van der Waals surface area contributed by atoms with E-state index in [0.29, 0.717) is 24.6 Å². The molecule has 3 aromatic rings. The highest BCUT2D eigenvalue weighted by molar-refractivity contribution is 6.20. The third kappa shape index (κ3) is 5.10. The van der Waals surface area contributed by atoms with E-state index in [1.807, 2.05) is 18.2 Å². The smallest absolute Gasteiger partial charge is 0.420 e. The molecule has 0 unspecified atom stereocenters. The Kier molecular flexibility index (Phi) is 5.75. The summed E-state index contributed by atoms with van der Waals surface area (Å²) in [7, 11) is 0. The highest BCUT2D eigenvalue weighted by Gasteiger charge is 2.27. The number of hydrogen-bond donors (Lipinski definition) is 1. The zero-order chi connectivity index (χ0) is 22.0. The number of pyridine rings is 1. The van der Waals surface area contributed by atoms with E-state index in [1.54, 1.807) is 0 Å². The van der Waals surface area contributed by atoms with E-state index >= 15 is 0 Å². The Morgan fingerprint density at radius 1 is 1.10 bits per heavy atom. The van der Waals surface area contributed by atoms with Gasteiger partial charge in [0.15, 0.2) is 0 Å². The van der Waals surface area contributed by atoms with E-state index in [-0.39, 0.29) is 16.9 Å². The number of ether oxygens (including phenoxy) is 2. The van der Waals surface area contributed by atoms with E-state index in [2.05, 4.69) is 10.1 Å². The average Bonchev–Trinajstić information content (AvgIpc) is 2.74. The second kappa shape index (κ2) is 8.49. The summed E-state index contributed by atoms with van der Waals surface area (Å²) < 4.78 is 36.4. The van der Waals surface area contributed by atoms with Gasteiger partial charge in [-0.25, -0.2) is 0 Å². The van der Waals surface area contributed by atoms with Crippen molar-refractivity contribution in [2.45, 2.75) is 18.6 Å². The molecule has 31 heavy (non-hydrogen) atoms. The number of halogens is 3. The maximum atomic E-state index is 12.7. The van der Waals surface area contributed by atoms with Gasteiger partial charge in [0.1, 0.15) is 5.75 Å². The minimum Gasteiger partial charge on any atom is -0.420 e. The monoisotopic (exact) mass is 446 g/mol. The number of amides is 1. The maximum Gasteiger partial charge on any atom is 0.487 e. The Hall–Kier alpha value is -3.23. The second-order valence-electron chi connectivity index (χ2n) is 6.91. The summed E-state index contributed by atoms with van der Waals surface area (Å²) in [6.45, 7) is 1.17. The van der Waals surface area contributed by atoms with Crippen LogP contribution < -0.4 is 15.6 Å². The number of benzene rings is 2. The standard InChI is InChI=1S/C22H17ClF2N2O4/c23-22(24,25)31-19-6-3-17(4-7-19)26-21(29)15-2-8-20(28)27(12-15)18-5-1-16-13-30-10-9-14(16)11-18/h1-8,11-12H,9-10,13H2,(H,26,29). The molecule has 0 saturated heterocycles. The van der Waals surface area contributed by atoms with Crippen molar-refractivity contribution in [3.05, 3.63) is 87.8 Å². The molecule has 0 bridgehead atoms. The van der Waals surface area contributed by atoms with Crippen LogP contribution in [0.1, 0.15) is 21.5 Å². The van der Waals surface area contributed by atoms with Gasteiger partial charge >= 0.3 is 5.57 Å². The molecule has 2 heterocycles. The largest absolute Gasteiger partial charge is 0.487 e. The van der Waals surface area contributed by atoms with E-state index in [1.165, 1.54) is 47.2 Å². The number of rotatable bonds is 5. The van der Waals surface area contributed by atoms with Crippen LogP contribution in [0.15, 0.2) is 65.6 Å². The molecule has 1 aliphatic rings. The minimum absolute atomic E-state index is 0.149. The van der Waals surface area contributed by atoms with Crippen molar-refractivity contribution in [3.63, 3.8) is 0 Å². The van der Waals surface area contributed by atoms with Crippen LogP contribution in [-0.2, 0) is 17.8 Å². The van der Waals surface area contributed by atoms with Crippen LogP contribution in [0.2, 0.25) is 0 Å². The topological polar surface area (TPSA) is 69.6 Å². The van der Waals surface area contributed by atoms with Crippen LogP contribution in [0.4, 0.5) is 14.5 Å². The maximum absolute atomic E-state index is 12.7. The lowest BCUT2D eigenvalue weighted by Gasteiger charge is -2.18. The minimum atomic E-state index is -3.82. The molecule has 160 valence electrons. The Morgan fingerprint density at radius 2 is 1.87 bits per heavy atom. The summed E-state index contributed by atoms with van der Waals surface area (Å²) in [5, 5.41) is 2.65. The molecule has 0 spiro atoms. The molecule has 0 aliphatic carbocycles. The van der Waals surface area contributed by atoms with E-state index in [0.717, 1.165) is 17.5 Å². The van der Waals surface area contributed by atoms with Crippen molar-refractivity contribution in [2.24, 2.45) is 0 Å². The molecule has 1 amide bonds. The van der Waals surface area contributed by atoms with Crippen molar-refractivity contribution in [1.29, 1.82) is 0 Å². The normalized spacial score (nSPS) is 13.4. The molecule has 0 radical (unpaired) electrons.